The normalized spacial score (nSPS) is 11.2. The molecule has 0 saturated carbocycles. The van der Waals surface area contributed by atoms with Gasteiger partial charge in [0.05, 0.1) is 30.9 Å². The first kappa shape index (κ1) is 19.3. The maximum atomic E-state index is 13.5. The van der Waals surface area contributed by atoms with Crippen molar-refractivity contribution in [3.8, 4) is 28.4 Å². The maximum absolute atomic E-state index is 13.5. The third kappa shape index (κ3) is 3.25. The average molecular weight is 434 g/mol. The summed E-state index contributed by atoms with van der Waals surface area (Å²) in [6, 6.07) is 17.4. The highest BCUT2D eigenvalue weighted by molar-refractivity contribution is 6.30. The van der Waals surface area contributed by atoms with Crippen molar-refractivity contribution in [2.45, 2.75) is 0 Å². The molecule has 0 fully saturated rings. The van der Waals surface area contributed by atoms with E-state index in [0.717, 1.165) is 33.1 Å². The number of nitrogens with zero attached hydrogens (tertiary/aromatic N) is 3. The molecule has 0 aliphatic heterocycles. The molecule has 31 heavy (non-hydrogen) atoms. The van der Waals surface area contributed by atoms with Crippen LogP contribution in [0.1, 0.15) is 0 Å². The molecule has 0 aliphatic carbocycles. The molecule has 0 atom stereocenters. The molecule has 0 spiro atoms. The summed E-state index contributed by atoms with van der Waals surface area (Å²) in [6.45, 7) is 0. The Hall–Kier alpha value is -3.64. The third-order valence-corrected chi connectivity index (χ3v) is 5.45. The number of rotatable bonds is 4. The quantitative estimate of drug-likeness (QED) is 0.346. The van der Waals surface area contributed by atoms with Crippen molar-refractivity contribution in [3.05, 3.63) is 77.7 Å². The predicted molar refractivity (Wildman–Crippen MR) is 120 cm³/mol. The van der Waals surface area contributed by atoms with Crippen LogP contribution in [0.5, 0.6) is 11.5 Å². The highest BCUT2D eigenvalue weighted by Crippen LogP contribution is 2.38. The van der Waals surface area contributed by atoms with E-state index >= 15 is 0 Å². The molecule has 3 aromatic carbocycles. The first-order chi connectivity index (χ1) is 15.1. The Balaban J connectivity index is 1.89. The second-order valence-corrected chi connectivity index (χ2v) is 7.42. The number of ether oxygens (including phenoxy) is 2. The molecule has 2 aromatic heterocycles. The lowest BCUT2D eigenvalue weighted by atomic mass is 10.1. The molecule has 5 rings (SSSR count). The zero-order valence-electron chi connectivity index (χ0n) is 16.8. The van der Waals surface area contributed by atoms with Gasteiger partial charge in [0.1, 0.15) is 11.5 Å². The second-order valence-electron chi connectivity index (χ2n) is 6.99. The van der Waals surface area contributed by atoms with E-state index in [0.29, 0.717) is 22.2 Å². The molecule has 7 heteroatoms. The Kier molecular flexibility index (Phi) is 4.71. The minimum absolute atomic E-state index is 0.300. The number of benzene rings is 3. The van der Waals surface area contributed by atoms with Gasteiger partial charge in [-0.25, -0.2) is 9.07 Å². The van der Waals surface area contributed by atoms with Crippen LogP contribution in [0, 0.1) is 5.82 Å². The van der Waals surface area contributed by atoms with Crippen LogP contribution in [-0.2, 0) is 0 Å². The molecule has 0 N–H and O–H groups in total. The monoisotopic (exact) mass is 433 g/mol. The van der Waals surface area contributed by atoms with Gasteiger partial charge in [-0.2, -0.15) is 5.10 Å². The standard InChI is InChI=1S/C24H17ClFN3O2/c1-30-21-11-18-20(12-22(21)31-2)27-13-19-23(14-3-7-16(26)8-4-14)28-29(24(18)19)17-9-5-15(25)6-10-17/h3-13H,1-2H3. The van der Waals surface area contributed by atoms with Crippen molar-refractivity contribution >= 4 is 33.4 Å². The van der Waals surface area contributed by atoms with Crippen LogP contribution in [0.3, 0.4) is 0 Å². The maximum Gasteiger partial charge on any atom is 0.162 e. The van der Waals surface area contributed by atoms with Gasteiger partial charge in [-0.05, 0) is 54.6 Å². The zero-order chi connectivity index (χ0) is 21.5. The minimum atomic E-state index is -0.300. The fourth-order valence-electron chi connectivity index (χ4n) is 3.70. The van der Waals surface area contributed by atoms with Gasteiger partial charge in [-0.1, -0.05) is 11.6 Å². The summed E-state index contributed by atoms with van der Waals surface area (Å²) in [7, 11) is 3.19. The molecule has 0 aliphatic rings. The summed E-state index contributed by atoms with van der Waals surface area (Å²) in [4.78, 5) is 4.63. The summed E-state index contributed by atoms with van der Waals surface area (Å²) in [5.74, 6) is 0.889. The van der Waals surface area contributed by atoms with Crippen LogP contribution in [-0.4, -0.2) is 29.0 Å². The van der Waals surface area contributed by atoms with E-state index in [1.807, 2.05) is 41.1 Å². The largest absolute Gasteiger partial charge is 0.493 e. The molecule has 154 valence electrons. The van der Waals surface area contributed by atoms with Crippen LogP contribution in [0.15, 0.2) is 66.9 Å². The van der Waals surface area contributed by atoms with E-state index in [1.54, 1.807) is 32.5 Å². The molecule has 0 amide bonds. The summed E-state index contributed by atoms with van der Waals surface area (Å²) in [5, 5.41) is 7.20. The van der Waals surface area contributed by atoms with Crippen molar-refractivity contribution in [1.82, 2.24) is 14.8 Å². The number of aromatic nitrogens is 3. The Labute approximate surface area is 182 Å². The first-order valence-electron chi connectivity index (χ1n) is 9.54. The number of fused-ring (bicyclic) bond motifs is 3. The van der Waals surface area contributed by atoms with Gasteiger partial charge in [-0.15, -0.1) is 0 Å². The fraction of sp³-hybridized carbons (Fsp3) is 0.0833. The topological polar surface area (TPSA) is 49.2 Å². The molecule has 0 saturated heterocycles. The van der Waals surface area contributed by atoms with Gasteiger partial charge in [-0.3, -0.25) is 4.98 Å². The Bertz CT molecular complexity index is 1410. The van der Waals surface area contributed by atoms with E-state index in [1.165, 1.54) is 12.1 Å². The molecule has 0 unspecified atom stereocenters. The number of pyridine rings is 1. The Morgan fingerprint density at radius 2 is 1.55 bits per heavy atom. The molecule has 2 heterocycles. The van der Waals surface area contributed by atoms with E-state index in [9.17, 15) is 4.39 Å². The van der Waals surface area contributed by atoms with Crippen LogP contribution in [0.4, 0.5) is 4.39 Å². The SMILES string of the molecule is COc1cc2ncc3c(-c4ccc(F)cc4)nn(-c4ccc(Cl)cc4)c3c2cc1OC. The van der Waals surface area contributed by atoms with Crippen molar-refractivity contribution in [1.29, 1.82) is 0 Å². The van der Waals surface area contributed by atoms with Crippen molar-refractivity contribution in [2.75, 3.05) is 14.2 Å². The highest BCUT2D eigenvalue weighted by Gasteiger charge is 2.19. The number of halogens is 2. The van der Waals surface area contributed by atoms with Crippen molar-refractivity contribution in [3.63, 3.8) is 0 Å². The van der Waals surface area contributed by atoms with Gasteiger partial charge >= 0.3 is 0 Å². The van der Waals surface area contributed by atoms with Gasteiger partial charge in [0.2, 0.25) is 0 Å². The minimum Gasteiger partial charge on any atom is -0.493 e. The highest BCUT2D eigenvalue weighted by atomic mass is 35.5. The smallest absolute Gasteiger partial charge is 0.162 e. The van der Waals surface area contributed by atoms with Crippen molar-refractivity contribution < 1.29 is 13.9 Å². The van der Waals surface area contributed by atoms with E-state index < -0.39 is 0 Å². The first-order valence-corrected chi connectivity index (χ1v) is 9.92. The predicted octanol–water partition coefficient (Wildman–Crippen LogP) is 6.05. The van der Waals surface area contributed by atoms with Gasteiger partial charge in [0, 0.05) is 33.6 Å². The molecule has 0 radical (unpaired) electrons. The molecule has 0 bridgehead atoms. The van der Waals surface area contributed by atoms with Crippen LogP contribution in [0.25, 0.3) is 38.8 Å². The second kappa shape index (κ2) is 7.56. The van der Waals surface area contributed by atoms with Crippen LogP contribution < -0.4 is 9.47 Å². The lowest BCUT2D eigenvalue weighted by Crippen LogP contribution is -1.98. The summed E-state index contributed by atoms with van der Waals surface area (Å²) < 4.78 is 26.3. The molecular formula is C24H17ClFN3O2. The molecular weight excluding hydrogens is 417 g/mol. The summed E-state index contributed by atoms with van der Waals surface area (Å²) >= 11 is 6.10. The summed E-state index contributed by atoms with van der Waals surface area (Å²) in [5.41, 5.74) is 3.93. The molecule has 5 aromatic rings. The lowest BCUT2D eigenvalue weighted by Gasteiger charge is -2.11. The average Bonchev–Trinajstić information content (AvgIpc) is 3.19. The van der Waals surface area contributed by atoms with Crippen molar-refractivity contribution in [2.24, 2.45) is 0 Å². The Morgan fingerprint density at radius 3 is 2.23 bits per heavy atom. The fourth-order valence-corrected chi connectivity index (χ4v) is 3.83. The third-order valence-electron chi connectivity index (χ3n) is 5.20. The zero-order valence-corrected chi connectivity index (χ0v) is 17.5. The number of methoxy groups -OCH3 is 2. The van der Waals surface area contributed by atoms with E-state index in [4.69, 9.17) is 26.2 Å². The molecule has 5 nitrogen and oxygen atoms in total. The number of hydrogen-bond donors (Lipinski definition) is 0. The Morgan fingerprint density at radius 1 is 0.871 bits per heavy atom. The van der Waals surface area contributed by atoms with E-state index in [2.05, 4.69) is 4.98 Å². The van der Waals surface area contributed by atoms with Gasteiger partial charge < -0.3 is 9.47 Å². The van der Waals surface area contributed by atoms with Gasteiger partial charge in [0.25, 0.3) is 0 Å². The number of hydrogen-bond acceptors (Lipinski definition) is 4. The summed E-state index contributed by atoms with van der Waals surface area (Å²) in [6.07, 6.45) is 1.78. The van der Waals surface area contributed by atoms with Crippen LogP contribution in [0.2, 0.25) is 5.02 Å². The lowest BCUT2D eigenvalue weighted by molar-refractivity contribution is 0.356. The van der Waals surface area contributed by atoms with E-state index in [-0.39, 0.29) is 5.82 Å². The van der Waals surface area contributed by atoms with Crippen LogP contribution >= 0.6 is 11.6 Å². The van der Waals surface area contributed by atoms with Gasteiger partial charge in [0.15, 0.2) is 11.5 Å².